The van der Waals surface area contributed by atoms with E-state index < -0.39 is 18.5 Å². The molecule has 29 heavy (non-hydrogen) atoms. The van der Waals surface area contributed by atoms with Crippen molar-refractivity contribution in [2.24, 2.45) is 0 Å². The molecule has 7 heteroatoms. The minimum atomic E-state index is -0.668. The van der Waals surface area contributed by atoms with Gasteiger partial charge in [-0.3, -0.25) is 4.79 Å². The Morgan fingerprint density at radius 1 is 1.10 bits per heavy atom. The zero-order chi connectivity index (χ0) is 20.2. The van der Waals surface area contributed by atoms with Crippen molar-refractivity contribution >= 4 is 40.0 Å². The Kier molecular flexibility index (Phi) is 5.11. The third-order valence-electron chi connectivity index (χ3n) is 4.27. The lowest BCUT2D eigenvalue weighted by molar-refractivity contribution is -0.144. The quantitative estimate of drug-likeness (QED) is 0.395. The molecule has 1 N–H and O–H groups in total. The fourth-order valence-corrected chi connectivity index (χ4v) is 2.86. The predicted octanol–water partition coefficient (Wildman–Crippen LogP) is 4.01. The van der Waals surface area contributed by atoms with Crippen LogP contribution in [0.25, 0.3) is 28.1 Å². The molecule has 0 saturated carbocycles. The van der Waals surface area contributed by atoms with Crippen LogP contribution in [0.5, 0.6) is 0 Å². The van der Waals surface area contributed by atoms with Crippen molar-refractivity contribution in [1.29, 1.82) is 0 Å². The number of carbonyl (C=O) groups excluding carboxylic acids is 2. The first kappa shape index (κ1) is 18.5. The van der Waals surface area contributed by atoms with Crippen molar-refractivity contribution in [3.8, 4) is 0 Å². The summed E-state index contributed by atoms with van der Waals surface area (Å²) in [5.74, 6) is -0.187. The number of carbonyl (C=O) groups is 2. The Balaban J connectivity index is 1.28. The third-order valence-corrected chi connectivity index (χ3v) is 4.27. The van der Waals surface area contributed by atoms with Gasteiger partial charge in [0.15, 0.2) is 12.2 Å². The number of hydrogen-bond acceptors (Lipinski definition) is 6. The molecular formula is C22H18N2O5. The molecule has 0 bridgehead atoms. The molecule has 4 aromatic rings. The van der Waals surface area contributed by atoms with Crippen LogP contribution in [-0.2, 0) is 14.3 Å². The predicted molar refractivity (Wildman–Crippen MR) is 107 cm³/mol. The Bertz CT molecular complexity index is 1140. The van der Waals surface area contributed by atoms with Gasteiger partial charge in [0.2, 0.25) is 5.89 Å². The fourth-order valence-electron chi connectivity index (χ4n) is 2.86. The lowest BCUT2D eigenvalue weighted by Gasteiger charge is -2.11. The van der Waals surface area contributed by atoms with Gasteiger partial charge in [-0.25, -0.2) is 9.78 Å². The molecule has 7 nitrogen and oxygen atoms in total. The Hall–Kier alpha value is -3.87. The molecule has 0 fully saturated rings. The van der Waals surface area contributed by atoms with Crippen LogP contribution in [0, 0.1) is 0 Å². The molecule has 2 aromatic carbocycles. The van der Waals surface area contributed by atoms with E-state index in [1.165, 1.54) is 12.2 Å². The Morgan fingerprint density at radius 2 is 1.86 bits per heavy atom. The molecule has 1 atom stereocenters. The summed E-state index contributed by atoms with van der Waals surface area (Å²) in [5.41, 5.74) is 2.07. The summed E-state index contributed by atoms with van der Waals surface area (Å²) in [4.78, 5) is 28.1. The first-order valence-electron chi connectivity index (χ1n) is 9.07. The summed E-state index contributed by atoms with van der Waals surface area (Å²) in [7, 11) is 0. The Morgan fingerprint density at radius 3 is 2.66 bits per heavy atom. The highest BCUT2D eigenvalue weighted by Gasteiger charge is 2.15. The van der Waals surface area contributed by atoms with Gasteiger partial charge in [0.1, 0.15) is 16.9 Å². The van der Waals surface area contributed by atoms with Crippen LogP contribution in [0.2, 0.25) is 0 Å². The van der Waals surface area contributed by atoms with Crippen LogP contribution in [0.15, 0.2) is 69.5 Å². The molecule has 1 amide bonds. The first-order valence-corrected chi connectivity index (χ1v) is 9.07. The van der Waals surface area contributed by atoms with Gasteiger partial charge in [0.25, 0.3) is 5.91 Å². The molecule has 0 spiro atoms. The number of aromatic nitrogens is 1. The highest BCUT2D eigenvalue weighted by atomic mass is 16.5. The van der Waals surface area contributed by atoms with Crippen molar-refractivity contribution < 1.29 is 23.2 Å². The molecule has 0 aliphatic rings. The van der Waals surface area contributed by atoms with Crippen LogP contribution in [-0.4, -0.2) is 23.5 Å². The fraction of sp³-hybridized carbons (Fsp3) is 0.136. The van der Waals surface area contributed by atoms with Crippen molar-refractivity contribution in [3.63, 3.8) is 0 Å². The van der Waals surface area contributed by atoms with E-state index in [1.54, 1.807) is 13.0 Å². The van der Waals surface area contributed by atoms with Crippen molar-refractivity contribution in [2.75, 3.05) is 6.61 Å². The maximum absolute atomic E-state index is 12.1. The zero-order valence-electron chi connectivity index (χ0n) is 15.6. The average Bonchev–Trinajstić information content (AvgIpc) is 3.34. The van der Waals surface area contributed by atoms with Crippen molar-refractivity contribution in [1.82, 2.24) is 10.3 Å². The van der Waals surface area contributed by atoms with Crippen LogP contribution < -0.4 is 5.32 Å². The number of fused-ring (bicyclic) bond motifs is 2. The number of oxazole rings is 1. The van der Waals surface area contributed by atoms with E-state index in [2.05, 4.69) is 10.3 Å². The lowest BCUT2D eigenvalue weighted by Crippen LogP contribution is -2.30. The molecule has 0 unspecified atom stereocenters. The third kappa shape index (κ3) is 4.35. The summed E-state index contributed by atoms with van der Waals surface area (Å²) >= 11 is 0. The van der Waals surface area contributed by atoms with Gasteiger partial charge in [0.05, 0.1) is 6.04 Å². The Labute approximate surface area is 166 Å². The largest absolute Gasteiger partial charge is 0.459 e. The minimum Gasteiger partial charge on any atom is -0.459 e. The molecule has 4 rings (SSSR count). The molecule has 2 aromatic heterocycles. The summed E-state index contributed by atoms with van der Waals surface area (Å²) in [6.07, 6.45) is 2.57. The number of amides is 1. The van der Waals surface area contributed by atoms with E-state index in [1.807, 2.05) is 48.5 Å². The van der Waals surface area contributed by atoms with E-state index in [9.17, 15) is 9.59 Å². The summed E-state index contributed by atoms with van der Waals surface area (Å²) < 4.78 is 16.2. The number of benzene rings is 2. The average molecular weight is 390 g/mol. The van der Waals surface area contributed by atoms with E-state index in [0.717, 1.165) is 11.0 Å². The van der Waals surface area contributed by atoms with Crippen LogP contribution in [0.3, 0.4) is 0 Å². The van der Waals surface area contributed by atoms with Gasteiger partial charge in [-0.1, -0.05) is 30.3 Å². The number of esters is 1. The van der Waals surface area contributed by atoms with Gasteiger partial charge in [-0.2, -0.15) is 0 Å². The van der Waals surface area contributed by atoms with Crippen molar-refractivity contribution in [3.05, 3.63) is 72.3 Å². The summed E-state index contributed by atoms with van der Waals surface area (Å²) in [6, 6.07) is 16.4. The van der Waals surface area contributed by atoms with Gasteiger partial charge < -0.3 is 18.9 Å². The molecule has 146 valence electrons. The molecule has 0 radical (unpaired) electrons. The van der Waals surface area contributed by atoms with Crippen LogP contribution in [0.4, 0.5) is 0 Å². The van der Waals surface area contributed by atoms with Gasteiger partial charge >= 0.3 is 5.97 Å². The maximum Gasteiger partial charge on any atom is 0.331 e. The number of nitrogens with one attached hydrogen (secondary N) is 1. The number of ether oxygens (including phenoxy) is 1. The molecule has 0 saturated heterocycles. The smallest absolute Gasteiger partial charge is 0.331 e. The van der Waals surface area contributed by atoms with Crippen molar-refractivity contribution in [2.45, 2.75) is 13.0 Å². The highest BCUT2D eigenvalue weighted by molar-refractivity contribution is 5.89. The van der Waals surface area contributed by atoms with E-state index in [4.69, 9.17) is 13.6 Å². The van der Waals surface area contributed by atoms with E-state index in [-0.39, 0.29) is 11.9 Å². The summed E-state index contributed by atoms with van der Waals surface area (Å²) in [5, 5.41) is 3.70. The molecule has 0 aliphatic heterocycles. The van der Waals surface area contributed by atoms with E-state index in [0.29, 0.717) is 16.9 Å². The first-order chi connectivity index (χ1) is 14.1. The van der Waals surface area contributed by atoms with Crippen LogP contribution >= 0.6 is 0 Å². The number of nitrogens with zero attached hydrogens (tertiary/aromatic N) is 1. The molecule has 2 heterocycles. The van der Waals surface area contributed by atoms with Gasteiger partial charge in [0, 0.05) is 17.5 Å². The number of hydrogen-bond donors (Lipinski definition) is 1. The van der Waals surface area contributed by atoms with Gasteiger partial charge in [-0.15, -0.1) is 0 Å². The second-order valence-corrected chi connectivity index (χ2v) is 6.44. The standard InChI is InChI=1S/C22H18N2O5/c1-14(19-12-15-6-2-4-8-17(15)28-19)23-20(25)13-27-22(26)11-10-21-24-16-7-3-5-9-18(16)29-21/h2-12,14H,13H2,1H3,(H,23,25)/b11-10+/t14-/m1/s1. The number of furan rings is 1. The minimum absolute atomic E-state index is 0.283. The second-order valence-electron chi connectivity index (χ2n) is 6.44. The number of para-hydroxylation sites is 3. The normalized spacial score (nSPS) is 12.4. The highest BCUT2D eigenvalue weighted by Crippen LogP contribution is 2.23. The monoisotopic (exact) mass is 390 g/mol. The van der Waals surface area contributed by atoms with E-state index >= 15 is 0 Å². The van der Waals surface area contributed by atoms with Crippen LogP contribution in [0.1, 0.15) is 24.6 Å². The summed E-state index contributed by atoms with van der Waals surface area (Å²) in [6.45, 7) is 1.39. The molecular weight excluding hydrogens is 372 g/mol. The SMILES string of the molecule is C[C@@H](NC(=O)COC(=O)/C=C/c1nc2ccccc2o1)c1cc2ccccc2o1. The zero-order valence-corrected chi connectivity index (χ0v) is 15.6. The maximum atomic E-state index is 12.1. The second kappa shape index (κ2) is 8.02. The van der Waals surface area contributed by atoms with Gasteiger partial charge in [-0.05, 0) is 31.2 Å². The number of rotatable bonds is 6. The lowest BCUT2D eigenvalue weighted by atomic mass is 10.2. The topological polar surface area (TPSA) is 94.6 Å². The molecule has 0 aliphatic carbocycles.